The van der Waals surface area contributed by atoms with Crippen LogP contribution in [0.2, 0.25) is 0 Å². The molecule has 2 aliphatic heterocycles. The maximum atomic E-state index is 9.19. The fourth-order valence-corrected chi connectivity index (χ4v) is 6.30. The van der Waals surface area contributed by atoms with E-state index in [1.165, 1.54) is 33.9 Å². The van der Waals surface area contributed by atoms with Gasteiger partial charge in [0.25, 0.3) is 0 Å². The molecule has 2 aromatic rings. The highest BCUT2D eigenvalue weighted by molar-refractivity contribution is 7.94. The number of aliphatic hydroxyl groups is 1. The second-order valence-corrected chi connectivity index (χ2v) is 11.8. The molecule has 0 bridgehead atoms. The number of anilines is 1. The van der Waals surface area contributed by atoms with Crippen LogP contribution in [0, 0.1) is 0 Å². The van der Waals surface area contributed by atoms with Gasteiger partial charge in [0, 0.05) is 59.0 Å². The molecule has 0 aliphatic carbocycles. The highest BCUT2D eigenvalue weighted by Crippen LogP contribution is 2.48. The number of allylic oxidation sites excluding steroid dienone is 6. The third-order valence-corrected chi connectivity index (χ3v) is 8.49. The van der Waals surface area contributed by atoms with Crippen molar-refractivity contribution in [3.05, 3.63) is 89.7 Å². The predicted molar refractivity (Wildman–Crippen MR) is 160 cm³/mol. The molecule has 0 atom stereocenters. The Kier molecular flexibility index (Phi) is 9.51. The zero-order chi connectivity index (χ0) is 28.0. The predicted octanol–water partition coefficient (Wildman–Crippen LogP) is 7.47. The number of hydrogen-bond donors (Lipinski definition) is 2. The Balaban J connectivity index is 1.57. The number of rotatable bonds is 12. The molecule has 0 radical (unpaired) electrons. The van der Waals surface area contributed by atoms with Gasteiger partial charge in [-0.15, -0.1) is 4.33 Å². The van der Waals surface area contributed by atoms with Gasteiger partial charge in [0.05, 0.1) is 17.5 Å². The summed E-state index contributed by atoms with van der Waals surface area (Å²) in [5, 5.41) is 21.5. The number of nitrogens with zero attached hydrogens (tertiary/aromatic N) is 2. The molecule has 0 saturated heterocycles. The molecule has 0 fully saturated rings. The number of para-hydroxylation sites is 1. The molecular weight excluding hydrogens is 508 g/mol. The van der Waals surface area contributed by atoms with Crippen molar-refractivity contribution in [3.63, 3.8) is 0 Å². The summed E-state index contributed by atoms with van der Waals surface area (Å²) in [6.07, 6.45) is 13.8. The van der Waals surface area contributed by atoms with Crippen molar-refractivity contribution in [1.82, 2.24) is 0 Å². The lowest BCUT2D eigenvalue weighted by molar-refractivity contribution is -0.438. The third-order valence-electron chi connectivity index (χ3n) is 7.91. The first kappa shape index (κ1) is 29.3. The van der Waals surface area contributed by atoms with Crippen LogP contribution in [-0.4, -0.2) is 40.3 Å². The molecule has 0 amide bonds. The zero-order valence-corrected chi connectivity index (χ0v) is 24.5. The van der Waals surface area contributed by atoms with Crippen molar-refractivity contribution in [1.29, 1.82) is 0 Å². The number of hydrogen-bond acceptors (Lipinski definition) is 6. The molecule has 2 N–H and O–H groups in total. The van der Waals surface area contributed by atoms with Gasteiger partial charge < -0.3 is 10.0 Å². The topological polar surface area (TPSA) is 65.2 Å². The zero-order valence-electron chi connectivity index (χ0n) is 23.7. The van der Waals surface area contributed by atoms with Crippen LogP contribution in [0.5, 0.6) is 0 Å². The Labute approximate surface area is 237 Å². The largest absolute Gasteiger partial charge is 0.396 e. The van der Waals surface area contributed by atoms with Crippen LogP contribution in [0.4, 0.5) is 11.4 Å². The first-order valence-corrected chi connectivity index (χ1v) is 14.5. The highest BCUT2D eigenvalue weighted by Gasteiger charge is 2.43. The average molecular weight is 550 g/mol. The summed E-state index contributed by atoms with van der Waals surface area (Å²) in [7, 11) is 0. The van der Waals surface area contributed by atoms with E-state index >= 15 is 0 Å². The van der Waals surface area contributed by atoms with Gasteiger partial charge in [-0.2, -0.15) is 4.58 Å². The number of likely N-dealkylation sites (N-methyl/N-ethyl adjacent to an activating group) is 1. The molecule has 0 spiro atoms. The number of fused-ring (bicyclic) bond motifs is 2. The summed E-state index contributed by atoms with van der Waals surface area (Å²) in [6.45, 7) is 13.3. The highest BCUT2D eigenvalue weighted by atomic mass is 32.2. The quantitative estimate of drug-likeness (QED) is 0.0715. The normalized spacial score (nSPS) is 18.6. The van der Waals surface area contributed by atoms with Crippen LogP contribution in [0.15, 0.2) is 83.4 Å². The van der Waals surface area contributed by atoms with Crippen molar-refractivity contribution in [2.24, 2.45) is 0 Å². The van der Waals surface area contributed by atoms with E-state index in [2.05, 4.69) is 120 Å². The van der Waals surface area contributed by atoms with Gasteiger partial charge in [0.15, 0.2) is 5.71 Å². The van der Waals surface area contributed by atoms with E-state index in [0.29, 0.717) is 0 Å². The van der Waals surface area contributed by atoms with Crippen LogP contribution in [0.3, 0.4) is 0 Å². The molecule has 4 rings (SSSR count). The second kappa shape index (κ2) is 12.7. The second-order valence-electron chi connectivity index (χ2n) is 11.0. The molecule has 2 aromatic carbocycles. The number of benzene rings is 2. The van der Waals surface area contributed by atoms with Gasteiger partial charge in [0.1, 0.15) is 6.54 Å². The smallest absolute Gasteiger partial charge is 0.209 e. The SMILES string of the molecule is CCN1/C(=C/C=C/C=C/C2=[N+](CCCCCO)c3ccccc3C2(C)C)C(C)(C)c2cc(SOOO)ccc21. The van der Waals surface area contributed by atoms with Crippen molar-refractivity contribution < 1.29 is 24.3 Å². The summed E-state index contributed by atoms with van der Waals surface area (Å²) in [6, 6.07) is 14.9. The molecule has 6 nitrogen and oxygen atoms in total. The monoisotopic (exact) mass is 549 g/mol. The fourth-order valence-electron chi connectivity index (χ4n) is 5.90. The van der Waals surface area contributed by atoms with E-state index in [-0.39, 0.29) is 17.4 Å². The maximum absolute atomic E-state index is 9.19. The first-order chi connectivity index (χ1) is 18.8. The first-order valence-electron chi connectivity index (χ1n) is 13.7. The van der Waals surface area contributed by atoms with Gasteiger partial charge in [-0.1, -0.05) is 55.3 Å². The Morgan fingerprint density at radius 2 is 1.74 bits per heavy atom. The van der Waals surface area contributed by atoms with Crippen molar-refractivity contribution in [3.8, 4) is 0 Å². The van der Waals surface area contributed by atoms with E-state index in [4.69, 9.17) is 5.26 Å². The van der Waals surface area contributed by atoms with Crippen molar-refractivity contribution in [2.45, 2.75) is 69.6 Å². The molecular formula is C32H41N2O4S+. The minimum Gasteiger partial charge on any atom is -0.396 e. The molecule has 39 heavy (non-hydrogen) atoms. The third kappa shape index (κ3) is 5.93. The lowest BCUT2D eigenvalue weighted by Crippen LogP contribution is -2.27. The molecule has 208 valence electrons. The summed E-state index contributed by atoms with van der Waals surface area (Å²) in [5.41, 5.74) is 7.31. The van der Waals surface area contributed by atoms with E-state index in [9.17, 15) is 5.11 Å². The van der Waals surface area contributed by atoms with Gasteiger partial charge in [-0.05, 0) is 63.5 Å². The van der Waals surface area contributed by atoms with Crippen molar-refractivity contribution >= 4 is 29.1 Å². The van der Waals surface area contributed by atoms with Gasteiger partial charge in [0.2, 0.25) is 5.69 Å². The number of unbranched alkanes of at least 4 members (excludes halogenated alkanes) is 2. The lowest BCUT2D eigenvalue weighted by atomic mass is 9.81. The van der Waals surface area contributed by atoms with Crippen molar-refractivity contribution in [2.75, 3.05) is 24.6 Å². The average Bonchev–Trinajstić information content (AvgIpc) is 3.28. The van der Waals surface area contributed by atoms with Crippen LogP contribution >= 0.6 is 12.0 Å². The molecule has 2 heterocycles. The molecule has 7 heteroatoms. The lowest BCUT2D eigenvalue weighted by Gasteiger charge is -2.25. The molecule has 0 unspecified atom stereocenters. The van der Waals surface area contributed by atoms with Gasteiger partial charge in [-0.25, -0.2) is 5.26 Å². The minimum atomic E-state index is -0.189. The van der Waals surface area contributed by atoms with Gasteiger partial charge in [-0.3, -0.25) is 0 Å². The fraction of sp³-hybridized carbons (Fsp3) is 0.406. The number of aliphatic hydroxyl groups excluding tert-OH is 1. The summed E-state index contributed by atoms with van der Waals surface area (Å²) in [4.78, 5) is 3.21. The Hall–Kier alpha value is -2.68. The summed E-state index contributed by atoms with van der Waals surface area (Å²) >= 11 is 0.985. The van der Waals surface area contributed by atoms with E-state index in [1.807, 2.05) is 6.07 Å². The standard InChI is InChI=1S/C32H40N2O4S/c1-6-33-28-20-19-24(39-38-37-36)23-26(28)32(4,5)29(33)17-9-7-10-18-30-31(2,3)25-15-11-12-16-27(25)34(30)21-13-8-14-22-35/h7,9-12,15-20,23,35H,6,8,13-14,21-22H2,1-5H3/p+1. The van der Waals surface area contributed by atoms with E-state index in [1.54, 1.807) is 0 Å². The molecule has 0 aromatic heterocycles. The maximum Gasteiger partial charge on any atom is 0.209 e. The Morgan fingerprint density at radius 3 is 2.49 bits per heavy atom. The molecule has 0 saturated carbocycles. The van der Waals surface area contributed by atoms with Crippen LogP contribution in [-0.2, 0) is 20.2 Å². The Bertz CT molecular complexity index is 1290. The van der Waals surface area contributed by atoms with E-state index < -0.39 is 0 Å². The van der Waals surface area contributed by atoms with Crippen LogP contribution < -0.4 is 4.90 Å². The molecule has 2 aliphatic rings. The van der Waals surface area contributed by atoms with Gasteiger partial charge >= 0.3 is 0 Å². The Morgan fingerprint density at radius 1 is 0.949 bits per heavy atom. The van der Waals surface area contributed by atoms with Crippen LogP contribution in [0.25, 0.3) is 0 Å². The van der Waals surface area contributed by atoms with Crippen LogP contribution in [0.1, 0.15) is 65.0 Å². The van der Waals surface area contributed by atoms with E-state index in [0.717, 1.165) is 49.3 Å². The minimum absolute atomic E-state index is 0.0784. The summed E-state index contributed by atoms with van der Waals surface area (Å²) in [5.74, 6) is 0. The summed E-state index contributed by atoms with van der Waals surface area (Å²) < 4.78 is 7.10.